The maximum atomic E-state index is 11.3. The van der Waals surface area contributed by atoms with Crippen molar-refractivity contribution in [3.8, 4) is 0 Å². The second kappa shape index (κ2) is 4.31. The van der Waals surface area contributed by atoms with Crippen LogP contribution < -0.4 is 11.2 Å². The summed E-state index contributed by atoms with van der Waals surface area (Å²) in [5, 5.41) is 4.95. The van der Waals surface area contributed by atoms with Gasteiger partial charge in [-0.2, -0.15) is 5.10 Å². The molecule has 1 amide bonds. The number of nitrogen functional groups attached to an aromatic ring is 1. The number of hydrogen-bond donors (Lipinski definition) is 2. The molecule has 3 rings (SSSR count). The molecular formula is C13H13N5O. The number of hydrazone groups is 1. The van der Waals surface area contributed by atoms with E-state index in [2.05, 4.69) is 20.5 Å². The van der Waals surface area contributed by atoms with Gasteiger partial charge in [0.05, 0.1) is 11.2 Å². The fourth-order valence-electron chi connectivity index (χ4n) is 2.24. The zero-order valence-electron chi connectivity index (χ0n) is 10.4. The Kier molecular flexibility index (Phi) is 2.63. The van der Waals surface area contributed by atoms with E-state index >= 15 is 0 Å². The van der Waals surface area contributed by atoms with Gasteiger partial charge in [0.15, 0.2) is 0 Å². The Morgan fingerprint density at radius 2 is 2.21 bits per heavy atom. The molecular weight excluding hydrogens is 242 g/mol. The van der Waals surface area contributed by atoms with Gasteiger partial charge in [0.25, 0.3) is 0 Å². The number of amides is 1. The lowest BCUT2D eigenvalue weighted by molar-refractivity contribution is -0.121. The summed E-state index contributed by atoms with van der Waals surface area (Å²) < 4.78 is 0. The monoisotopic (exact) mass is 255 g/mol. The number of nitrogens with one attached hydrogen (secondary N) is 1. The average molecular weight is 255 g/mol. The van der Waals surface area contributed by atoms with Crippen LogP contribution in [-0.2, 0) is 4.79 Å². The summed E-state index contributed by atoms with van der Waals surface area (Å²) >= 11 is 0. The summed E-state index contributed by atoms with van der Waals surface area (Å²) in [7, 11) is 0. The van der Waals surface area contributed by atoms with Crippen LogP contribution >= 0.6 is 0 Å². The highest BCUT2D eigenvalue weighted by Crippen LogP contribution is 2.22. The number of nitrogens with two attached hydrogens (primary N) is 1. The highest BCUT2D eigenvalue weighted by molar-refractivity contribution is 6.07. The molecule has 2 aromatic rings. The molecule has 0 saturated heterocycles. The van der Waals surface area contributed by atoms with E-state index in [1.807, 2.05) is 25.1 Å². The van der Waals surface area contributed by atoms with Gasteiger partial charge in [0, 0.05) is 23.3 Å². The van der Waals surface area contributed by atoms with Crippen molar-refractivity contribution < 1.29 is 4.79 Å². The van der Waals surface area contributed by atoms with Crippen LogP contribution in [0.4, 0.5) is 5.82 Å². The molecule has 1 atom stereocenters. The third-order valence-corrected chi connectivity index (χ3v) is 3.22. The maximum Gasteiger partial charge on any atom is 0.240 e. The molecule has 3 N–H and O–H groups in total. The van der Waals surface area contributed by atoms with Gasteiger partial charge in [0.1, 0.15) is 12.1 Å². The van der Waals surface area contributed by atoms with E-state index in [1.165, 1.54) is 6.33 Å². The van der Waals surface area contributed by atoms with Gasteiger partial charge in [-0.05, 0) is 12.1 Å². The van der Waals surface area contributed by atoms with Gasteiger partial charge >= 0.3 is 0 Å². The fraction of sp³-hybridized carbons (Fsp3) is 0.231. The summed E-state index contributed by atoms with van der Waals surface area (Å²) in [5.74, 6) is 0.498. The molecule has 1 aromatic heterocycles. The van der Waals surface area contributed by atoms with E-state index in [0.717, 1.165) is 22.2 Å². The Morgan fingerprint density at radius 1 is 1.37 bits per heavy atom. The third-order valence-electron chi connectivity index (χ3n) is 3.22. The highest BCUT2D eigenvalue weighted by atomic mass is 16.2. The Labute approximate surface area is 109 Å². The molecule has 6 heteroatoms. The quantitative estimate of drug-likeness (QED) is 0.797. The first-order chi connectivity index (χ1) is 9.15. The normalized spacial score (nSPS) is 19.1. The molecule has 2 heterocycles. The Morgan fingerprint density at radius 3 is 3.00 bits per heavy atom. The van der Waals surface area contributed by atoms with Gasteiger partial charge in [-0.1, -0.05) is 13.0 Å². The molecule has 6 nitrogen and oxygen atoms in total. The molecule has 0 saturated carbocycles. The van der Waals surface area contributed by atoms with Gasteiger partial charge in [-0.3, -0.25) is 4.79 Å². The Balaban J connectivity index is 2.09. The van der Waals surface area contributed by atoms with Crippen LogP contribution in [0.3, 0.4) is 0 Å². The molecule has 1 aliphatic heterocycles. The second-order valence-electron chi connectivity index (χ2n) is 4.63. The van der Waals surface area contributed by atoms with Gasteiger partial charge in [-0.15, -0.1) is 0 Å². The summed E-state index contributed by atoms with van der Waals surface area (Å²) in [6, 6.07) is 5.72. The minimum Gasteiger partial charge on any atom is -0.383 e. The average Bonchev–Trinajstić information content (AvgIpc) is 2.38. The Hall–Kier alpha value is -2.50. The standard InChI is InChI=1S/C13H13N5O/c1-7-4-11(19)17-18-12(7)8-2-3-9-10(5-8)15-6-16-13(9)14/h2-3,5-7H,4H2,1H3,(H,17,19)(H2,14,15,16). The van der Waals surface area contributed by atoms with Crippen LogP contribution in [0, 0.1) is 5.92 Å². The molecule has 96 valence electrons. The summed E-state index contributed by atoms with van der Waals surface area (Å²) in [4.78, 5) is 19.4. The SMILES string of the molecule is CC1CC(=O)NN=C1c1ccc2c(N)ncnc2c1. The predicted octanol–water partition coefficient (Wildman–Crippen LogP) is 1.07. The number of hydrogen-bond acceptors (Lipinski definition) is 5. The fourth-order valence-corrected chi connectivity index (χ4v) is 2.24. The minimum absolute atomic E-state index is 0.0522. The van der Waals surface area contributed by atoms with Crippen molar-refractivity contribution in [3.63, 3.8) is 0 Å². The highest BCUT2D eigenvalue weighted by Gasteiger charge is 2.21. The molecule has 1 aromatic carbocycles. The van der Waals surface area contributed by atoms with Crippen molar-refractivity contribution in [1.29, 1.82) is 0 Å². The van der Waals surface area contributed by atoms with Crippen molar-refractivity contribution in [2.45, 2.75) is 13.3 Å². The summed E-state index contributed by atoms with van der Waals surface area (Å²) in [5.41, 5.74) is 10.9. The van der Waals surface area contributed by atoms with E-state index < -0.39 is 0 Å². The van der Waals surface area contributed by atoms with E-state index in [0.29, 0.717) is 12.2 Å². The zero-order valence-corrected chi connectivity index (χ0v) is 10.4. The van der Waals surface area contributed by atoms with Crippen LogP contribution in [0.15, 0.2) is 29.6 Å². The van der Waals surface area contributed by atoms with Crippen molar-refractivity contribution in [3.05, 3.63) is 30.1 Å². The van der Waals surface area contributed by atoms with Crippen LogP contribution in [0.5, 0.6) is 0 Å². The van der Waals surface area contributed by atoms with Crippen molar-refractivity contribution in [2.24, 2.45) is 11.0 Å². The molecule has 0 spiro atoms. The van der Waals surface area contributed by atoms with E-state index in [1.54, 1.807) is 0 Å². The first kappa shape index (κ1) is 11.6. The number of fused-ring (bicyclic) bond motifs is 1. The van der Waals surface area contributed by atoms with Gasteiger partial charge in [0.2, 0.25) is 5.91 Å². The molecule has 0 bridgehead atoms. The lowest BCUT2D eigenvalue weighted by atomic mass is 9.93. The number of rotatable bonds is 1. The number of carbonyl (C=O) groups is 1. The first-order valence-corrected chi connectivity index (χ1v) is 6.02. The number of anilines is 1. The number of aromatic nitrogens is 2. The van der Waals surface area contributed by atoms with Gasteiger partial charge < -0.3 is 5.73 Å². The summed E-state index contributed by atoms with van der Waals surface area (Å²) in [6.45, 7) is 1.98. The minimum atomic E-state index is -0.0522. The molecule has 0 fully saturated rings. The van der Waals surface area contributed by atoms with E-state index in [4.69, 9.17) is 5.73 Å². The van der Waals surface area contributed by atoms with Crippen molar-refractivity contribution in [1.82, 2.24) is 15.4 Å². The largest absolute Gasteiger partial charge is 0.383 e. The smallest absolute Gasteiger partial charge is 0.240 e. The number of carbonyl (C=O) groups excluding carboxylic acids is 1. The molecule has 0 aliphatic carbocycles. The Bertz CT molecular complexity index is 694. The summed E-state index contributed by atoms with van der Waals surface area (Å²) in [6.07, 6.45) is 1.89. The van der Waals surface area contributed by atoms with Crippen LogP contribution in [0.1, 0.15) is 18.9 Å². The van der Waals surface area contributed by atoms with Crippen molar-refractivity contribution in [2.75, 3.05) is 5.73 Å². The first-order valence-electron chi connectivity index (χ1n) is 6.02. The van der Waals surface area contributed by atoms with Gasteiger partial charge in [-0.25, -0.2) is 15.4 Å². The van der Waals surface area contributed by atoms with Crippen LogP contribution in [-0.4, -0.2) is 21.6 Å². The lowest BCUT2D eigenvalue weighted by Crippen LogP contribution is -2.31. The number of nitrogens with zero attached hydrogens (tertiary/aromatic N) is 3. The molecule has 0 radical (unpaired) electrons. The number of benzene rings is 1. The van der Waals surface area contributed by atoms with Crippen molar-refractivity contribution >= 4 is 28.3 Å². The molecule has 19 heavy (non-hydrogen) atoms. The van der Waals surface area contributed by atoms with Crippen LogP contribution in [0.2, 0.25) is 0 Å². The molecule has 1 aliphatic rings. The maximum absolute atomic E-state index is 11.3. The second-order valence-corrected chi connectivity index (χ2v) is 4.63. The van der Waals surface area contributed by atoms with E-state index in [9.17, 15) is 4.79 Å². The topological polar surface area (TPSA) is 93.3 Å². The lowest BCUT2D eigenvalue weighted by Gasteiger charge is -2.19. The zero-order chi connectivity index (χ0) is 13.4. The molecule has 1 unspecified atom stereocenters. The predicted molar refractivity (Wildman–Crippen MR) is 72.4 cm³/mol. The van der Waals surface area contributed by atoms with E-state index in [-0.39, 0.29) is 11.8 Å². The third kappa shape index (κ3) is 2.01. The van der Waals surface area contributed by atoms with Crippen LogP contribution in [0.25, 0.3) is 10.9 Å².